The highest BCUT2D eigenvalue weighted by atomic mass is 79.9. The minimum atomic E-state index is -0.394. The largest absolute Gasteiger partial charge is 0.390 e. The van der Waals surface area contributed by atoms with Gasteiger partial charge in [0.25, 0.3) is 0 Å². The molecule has 0 amide bonds. The predicted octanol–water partition coefficient (Wildman–Crippen LogP) is 2.41. The van der Waals surface area contributed by atoms with Crippen molar-refractivity contribution in [3.8, 4) is 0 Å². The van der Waals surface area contributed by atoms with Gasteiger partial charge in [-0.15, -0.1) is 6.58 Å². The lowest BCUT2D eigenvalue weighted by atomic mass is 9.97. The second-order valence-electron chi connectivity index (χ2n) is 4.91. The monoisotopic (exact) mass is 304 g/mol. The van der Waals surface area contributed by atoms with Crippen LogP contribution in [0.1, 0.15) is 32.6 Å². The summed E-state index contributed by atoms with van der Waals surface area (Å²) in [6, 6.07) is 0. The molecule has 1 N–H and O–H groups in total. The molecule has 17 heavy (non-hydrogen) atoms. The topological polar surface area (TPSA) is 38.7 Å². The summed E-state index contributed by atoms with van der Waals surface area (Å²) in [4.78, 5) is 0.207. The smallest absolute Gasteiger partial charge is 0.0877 e. The van der Waals surface area contributed by atoms with Crippen LogP contribution < -0.4 is 0 Å². The van der Waals surface area contributed by atoms with Crippen molar-refractivity contribution < 1.29 is 14.6 Å². The van der Waals surface area contributed by atoms with Gasteiger partial charge in [0.05, 0.1) is 30.5 Å². The minimum absolute atomic E-state index is 0.0546. The lowest BCUT2D eigenvalue weighted by Gasteiger charge is -2.30. The molecule has 3 nitrogen and oxygen atoms in total. The van der Waals surface area contributed by atoms with E-state index in [1.54, 1.807) is 0 Å². The highest BCUT2D eigenvalue weighted by Gasteiger charge is 2.43. The van der Waals surface area contributed by atoms with Gasteiger partial charge in [0.1, 0.15) is 0 Å². The molecule has 0 saturated carbocycles. The molecule has 0 aromatic rings. The van der Waals surface area contributed by atoms with Crippen molar-refractivity contribution in [1.29, 1.82) is 0 Å². The molecule has 0 spiro atoms. The van der Waals surface area contributed by atoms with Gasteiger partial charge in [-0.05, 0) is 19.3 Å². The second-order valence-corrected chi connectivity index (χ2v) is 6.09. The Morgan fingerprint density at radius 3 is 2.65 bits per heavy atom. The van der Waals surface area contributed by atoms with E-state index in [0.717, 1.165) is 19.3 Å². The van der Waals surface area contributed by atoms with Crippen LogP contribution in [0.15, 0.2) is 12.7 Å². The third-order valence-corrected chi connectivity index (χ3v) is 4.64. The predicted molar refractivity (Wildman–Crippen MR) is 70.4 cm³/mol. The lowest BCUT2D eigenvalue weighted by molar-refractivity contribution is -0.0532. The van der Waals surface area contributed by atoms with Crippen LogP contribution in [0.5, 0.6) is 0 Å². The van der Waals surface area contributed by atoms with E-state index >= 15 is 0 Å². The summed E-state index contributed by atoms with van der Waals surface area (Å²) < 4.78 is 12.0. The van der Waals surface area contributed by atoms with Gasteiger partial charge in [-0.1, -0.05) is 28.9 Å². The van der Waals surface area contributed by atoms with Crippen LogP contribution in [0.2, 0.25) is 0 Å². The molecule has 2 bridgehead atoms. The maximum atomic E-state index is 10.1. The standard InChI is InChI=1S/C13H21BrO3/c1-3-5-11-13-7-12(17-11)9(15)6-8(14)10(4-2)16-13/h3,8-13,15H,1,4-7H2,2H3/t8-,9+,10+,11+,12+,13+/m0/s1. The Labute approximate surface area is 111 Å². The molecule has 0 aliphatic carbocycles. The number of alkyl halides is 1. The maximum absolute atomic E-state index is 10.1. The lowest BCUT2D eigenvalue weighted by Crippen LogP contribution is -2.38. The summed E-state index contributed by atoms with van der Waals surface area (Å²) in [5.74, 6) is 0. The number of ether oxygens (including phenoxy) is 2. The first kappa shape index (κ1) is 13.5. The fraction of sp³-hybridized carbons (Fsp3) is 0.846. The summed E-state index contributed by atoms with van der Waals surface area (Å²) in [6.07, 6.45) is 4.92. The van der Waals surface area contributed by atoms with Gasteiger partial charge in [-0.3, -0.25) is 0 Å². The molecule has 2 aliphatic rings. The number of hydrogen-bond donors (Lipinski definition) is 1. The highest BCUT2D eigenvalue weighted by Crippen LogP contribution is 2.35. The number of fused-ring (bicyclic) bond motifs is 2. The third kappa shape index (κ3) is 2.92. The van der Waals surface area contributed by atoms with E-state index < -0.39 is 6.10 Å². The number of rotatable bonds is 3. The molecule has 0 unspecified atom stereocenters. The van der Waals surface area contributed by atoms with E-state index in [2.05, 4.69) is 29.4 Å². The molecule has 0 aromatic carbocycles. The van der Waals surface area contributed by atoms with Crippen LogP contribution in [0.4, 0.5) is 0 Å². The van der Waals surface area contributed by atoms with Crippen molar-refractivity contribution >= 4 is 15.9 Å². The van der Waals surface area contributed by atoms with Gasteiger partial charge in [0, 0.05) is 11.2 Å². The molecular formula is C13H21BrO3. The highest BCUT2D eigenvalue weighted by molar-refractivity contribution is 9.09. The van der Waals surface area contributed by atoms with E-state index in [0.29, 0.717) is 6.42 Å². The average Bonchev–Trinajstić information content (AvgIpc) is 2.69. The Bertz CT molecular complexity index is 271. The molecule has 0 radical (unpaired) electrons. The van der Waals surface area contributed by atoms with Crippen molar-refractivity contribution in [1.82, 2.24) is 0 Å². The molecule has 0 aromatic heterocycles. The molecule has 2 saturated heterocycles. The van der Waals surface area contributed by atoms with E-state index in [9.17, 15) is 5.11 Å². The van der Waals surface area contributed by atoms with Gasteiger partial charge in [0.15, 0.2) is 0 Å². The summed E-state index contributed by atoms with van der Waals surface area (Å²) >= 11 is 3.62. The zero-order valence-corrected chi connectivity index (χ0v) is 11.8. The zero-order chi connectivity index (χ0) is 12.4. The fourth-order valence-electron chi connectivity index (χ4n) is 2.71. The van der Waals surface area contributed by atoms with E-state index in [1.807, 2.05) is 6.08 Å². The SMILES string of the molecule is C=CC[C@H]1O[C@@H]2C[C@H]1O[C@H](CC)[C@@H](Br)C[C@H]2O. The average molecular weight is 305 g/mol. The number of aliphatic hydroxyl groups is 1. The van der Waals surface area contributed by atoms with Crippen molar-refractivity contribution in [3.05, 3.63) is 12.7 Å². The quantitative estimate of drug-likeness (QED) is 0.643. The number of hydrogen-bond acceptors (Lipinski definition) is 3. The summed E-state index contributed by atoms with van der Waals surface area (Å²) in [5, 5.41) is 10.1. The Morgan fingerprint density at radius 1 is 1.29 bits per heavy atom. The van der Waals surface area contributed by atoms with Gasteiger partial charge in [0.2, 0.25) is 0 Å². The van der Waals surface area contributed by atoms with Gasteiger partial charge in [-0.25, -0.2) is 0 Å². The Hall–Kier alpha value is 0.100. The first-order valence-corrected chi connectivity index (χ1v) is 7.31. The Kier molecular flexibility index (Phi) is 4.64. The number of halogens is 1. The van der Waals surface area contributed by atoms with E-state index in [-0.39, 0.29) is 29.2 Å². The third-order valence-electron chi connectivity index (χ3n) is 3.68. The molecule has 2 heterocycles. The van der Waals surface area contributed by atoms with E-state index in [4.69, 9.17) is 9.47 Å². The van der Waals surface area contributed by atoms with Gasteiger partial charge >= 0.3 is 0 Å². The molecule has 4 heteroatoms. The fourth-order valence-corrected chi connectivity index (χ4v) is 3.59. The zero-order valence-electron chi connectivity index (χ0n) is 10.2. The van der Waals surface area contributed by atoms with Crippen LogP contribution in [0.3, 0.4) is 0 Å². The van der Waals surface area contributed by atoms with Crippen LogP contribution in [-0.4, -0.2) is 40.5 Å². The summed E-state index contributed by atoms with van der Waals surface area (Å²) in [6.45, 7) is 5.86. The second kappa shape index (κ2) is 5.83. The van der Waals surface area contributed by atoms with E-state index in [1.165, 1.54) is 0 Å². The van der Waals surface area contributed by atoms with Crippen LogP contribution in [0, 0.1) is 0 Å². The normalized spacial score (nSPS) is 46.3. The van der Waals surface area contributed by atoms with Gasteiger partial charge < -0.3 is 14.6 Å². The van der Waals surface area contributed by atoms with Gasteiger partial charge in [-0.2, -0.15) is 0 Å². The first-order chi connectivity index (χ1) is 8.15. The van der Waals surface area contributed by atoms with Crippen LogP contribution in [-0.2, 0) is 9.47 Å². The summed E-state index contributed by atoms with van der Waals surface area (Å²) in [7, 11) is 0. The maximum Gasteiger partial charge on any atom is 0.0877 e. The number of aliphatic hydroxyl groups excluding tert-OH is 1. The molecular weight excluding hydrogens is 284 g/mol. The molecule has 2 fully saturated rings. The van der Waals surface area contributed by atoms with Crippen molar-refractivity contribution in [2.45, 2.75) is 68.0 Å². The van der Waals surface area contributed by atoms with Crippen molar-refractivity contribution in [3.63, 3.8) is 0 Å². The Balaban J connectivity index is 2.11. The van der Waals surface area contributed by atoms with Crippen LogP contribution >= 0.6 is 15.9 Å². The summed E-state index contributed by atoms with van der Waals surface area (Å²) in [5.41, 5.74) is 0. The first-order valence-electron chi connectivity index (χ1n) is 6.39. The van der Waals surface area contributed by atoms with Crippen molar-refractivity contribution in [2.75, 3.05) is 0 Å². The Morgan fingerprint density at radius 2 is 2.00 bits per heavy atom. The molecule has 98 valence electrons. The minimum Gasteiger partial charge on any atom is -0.390 e. The molecule has 2 rings (SSSR count). The van der Waals surface area contributed by atoms with Crippen molar-refractivity contribution in [2.24, 2.45) is 0 Å². The molecule has 6 atom stereocenters. The van der Waals surface area contributed by atoms with Crippen LogP contribution in [0.25, 0.3) is 0 Å². The molecule has 2 aliphatic heterocycles.